The molecular formula is C12H20. The van der Waals surface area contributed by atoms with Gasteiger partial charge < -0.3 is 0 Å². The molecule has 0 heterocycles. The minimum atomic E-state index is 0.764. The summed E-state index contributed by atoms with van der Waals surface area (Å²) >= 11 is 0. The molecule has 0 radical (unpaired) electrons. The first kappa shape index (κ1) is 11.2. The highest BCUT2D eigenvalue weighted by Crippen LogP contribution is 2.17. The van der Waals surface area contributed by atoms with E-state index in [2.05, 4.69) is 38.3 Å². The molecule has 0 bridgehead atoms. The van der Waals surface area contributed by atoms with Crippen molar-refractivity contribution in [2.24, 2.45) is 5.92 Å². The molecule has 0 nitrogen and oxygen atoms in total. The molecule has 0 amide bonds. The fraction of sp³-hybridized carbons (Fsp3) is 0.500. The monoisotopic (exact) mass is 164 g/mol. The number of rotatable bonds is 2. The summed E-state index contributed by atoms with van der Waals surface area (Å²) in [5.74, 6) is 0.764. The maximum absolute atomic E-state index is 3.75. The molecule has 0 aromatic heterocycles. The standard InChI is InChI=1S/C8H12.C4H8/c1-2-8-6-4-3-5-7-8;1-3-4-2/h2-4,8H,1,5-7H2;3H,1,4H2,2H3. The molecule has 1 aliphatic rings. The molecule has 0 saturated heterocycles. The first-order chi connectivity index (χ1) is 5.85. The Labute approximate surface area is 76.7 Å². The van der Waals surface area contributed by atoms with E-state index in [-0.39, 0.29) is 0 Å². The predicted molar refractivity (Wildman–Crippen MR) is 57.2 cm³/mol. The van der Waals surface area contributed by atoms with Gasteiger partial charge in [-0.3, -0.25) is 0 Å². The summed E-state index contributed by atoms with van der Waals surface area (Å²) in [5, 5.41) is 0. The van der Waals surface area contributed by atoms with Crippen LogP contribution in [0.15, 0.2) is 37.5 Å². The van der Waals surface area contributed by atoms with Crippen molar-refractivity contribution >= 4 is 0 Å². The smallest absolute Gasteiger partial charge is 0.0199 e. The molecule has 0 aromatic carbocycles. The van der Waals surface area contributed by atoms with Gasteiger partial charge in [-0.2, -0.15) is 0 Å². The van der Waals surface area contributed by atoms with E-state index in [0.717, 1.165) is 12.3 Å². The van der Waals surface area contributed by atoms with Crippen LogP contribution in [0.2, 0.25) is 0 Å². The zero-order valence-corrected chi connectivity index (χ0v) is 8.13. The third-order valence-electron chi connectivity index (χ3n) is 1.93. The summed E-state index contributed by atoms with van der Waals surface area (Å²) in [5.41, 5.74) is 0. The summed E-state index contributed by atoms with van der Waals surface area (Å²) in [7, 11) is 0. The largest absolute Gasteiger partial charge is 0.103 e. The van der Waals surface area contributed by atoms with Gasteiger partial charge in [0.25, 0.3) is 0 Å². The molecule has 0 fully saturated rings. The van der Waals surface area contributed by atoms with Crippen LogP contribution in [-0.4, -0.2) is 0 Å². The summed E-state index contributed by atoms with van der Waals surface area (Å²) < 4.78 is 0. The molecule has 0 aliphatic heterocycles. The maximum Gasteiger partial charge on any atom is -0.0199 e. The van der Waals surface area contributed by atoms with Crippen LogP contribution in [0.1, 0.15) is 32.6 Å². The minimum absolute atomic E-state index is 0.764. The molecule has 0 saturated carbocycles. The van der Waals surface area contributed by atoms with Crippen molar-refractivity contribution in [3.8, 4) is 0 Å². The van der Waals surface area contributed by atoms with E-state index in [1.165, 1.54) is 19.3 Å². The van der Waals surface area contributed by atoms with Crippen molar-refractivity contribution in [3.63, 3.8) is 0 Å². The van der Waals surface area contributed by atoms with E-state index in [0.29, 0.717) is 0 Å². The average Bonchev–Trinajstić information content (AvgIpc) is 2.19. The van der Waals surface area contributed by atoms with E-state index >= 15 is 0 Å². The molecule has 1 unspecified atom stereocenters. The number of hydrogen-bond donors (Lipinski definition) is 0. The molecule has 1 rings (SSSR count). The van der Waals surface area contributed by atoms with Crippen molar-refractivity contribution in [3.05, 3.63) is 37.5 Å². The van der Waals surface area contributed by atoms with Crippen LogP contribution >= 0.6 is 0 Å². The molecular weight excluding hydrogens is 144 g/mol. The number of hydrogen-bond acceptors (Lipinski definition) is 0. The van der Waals surface area contributed by atoms with E-state index < -0.39 is 0 Å². The Hall–Kier alpha value is -0.780. The van der Waals surface area contributed by atoms with Crippen LogP contribution in [0.5, 0.6) is 0 Å². The van der Waals surface area contributed by atoms with E-state index in [1.807, 2.05) is 6.08 Å². The van der Waals surface area contributed by atoms with Gasteiger partial charge in [0.1, 0.15) is 0 Å². The highest BCUT2D eigenvalue weighted by Gasteiger charge is 2.02. The zero-order chi connectivity index (χ0) is 9.23. The Kier molecular flexibility index (Phi) is 7.78. The lowest BCUT2D eigenvalue weighted by Crippen LogP contribution is -1.96. The quantitative estimate of drug-likeness (QED) is 0.539. The third kappa shape index (κ3) is 5.96. The first-order valence-corrected chi connectivity index (χ1v) is 4.73. The number of allylic oxidation sites excluding steroid dienone is 4. The molecule has 12 heavy (non-hydrogen) atoms. The Balaban J connectivity index is 0.000000261. The van der Waals surface area contributed by atoms with Gasteiger partial charge in [-0.1, -0.05) is 31.2 Å². The van der Waals surface area contributed by atoms with Gasteiger partial charge >= 0.3 is 0 Å². The predicted octanol–water partition coefficient (Wildman–Crippen LogP) is 4.11. The summed E-state index contributed by atoms with van der Waals surface area (Å²) in [4.78, 5) is 0. The lowest BCUT2D eigenvalue weighted by Gasteiger charge is -2.11. The zero-order valence-electron chi connectivity index (χ0n) is 8.13. The summed E-state index contributed by atoms with van der Waals surface area (Å²) in [6.07, 6.45) is 13.3. The molecule has 0 aromatic rings. The van der Waals surface area contributed by atoms with Crippen LogP contribution < -0.4 is 0 Å². The fourth-order valence-corrected chi connectivity index (χ4v) is 1.03. The van der Waals surface area contributed by atoms with E-state index in [1.54, 1.807) is 0 Å². The van der Waals surface area contributed by atoms with Crippen molar-refractivity contribution in [2.75, 3.05) is 0 Å². The van der Waals surface area contributed by atoms with E-state index in [9.17, 15) is 0 Å². The molecule has 1 aliphatic carbocycles. The van der Waals surface area contributed by atoms with Gasteiger partial charge in [0.05, 0.1) is 0 Å². The highest BCUT2D eigenvalue weighted by atomic mass is 14.1. The maximum atomic E-state index is 3.75. The van der Waals surface area contributed by atoms with Crippen LogP contribution in [-0.2, 0) is 0 Å². The summed E-state index contributed by atoms with van der Waals surface area (Å²) in [6.45, 7) is 9.29. The molecule has 0 heteroatoms. The molecule has 0 N–H and O–H groups in total. The van der Waals surface area contributed by atoms with Crippen molar-refractivity contribution in [1.29, 1.82) is 0 Å². The summed E-state index contributed by atoms with van der Waals surface area (Å²) in [6, 6.07) is 0. The van der Waals surface area contributed by atoms with Crippen LogP contribution in [0, 0.1) is 5.92 Å². The van der Waals surface area contributed by atoms with Gasteiger partial charge in [-0.25, -0.2) is 0 Å². The second kappa shape index (κ2) is 8.32. The Morgan fingerprint density at radius 1 is 1.42 bits per heavy atom. The Morgan fingerprint density at radius 3 is 2.33 bits per heavy atom. The second-order valence-corrected chi connectivity index (χ2v) is 2.98. The average molecular weight is 164 g/mol. The van der Waals surface area contributed by atoms with Crippen molar-refractivity contribution < 1.29 is 0 Å². The minimum Gasteiger partial charge on any atom is -0.103 e. The van der Waals surface area contributed by atoms with Gasteiger partial charge in [-0.15, -0.1) is 13.2 Å². The van der Waals surface area contributed by atoms with Crippen LogP contribution in [0.3, 0.4) is 0 Å². The van der Waals surface area contributed by atoms with E-state index in [4.69, 9.17) is 0 Å². The SMILES string of the molecule is C=CC1CC=CCC1.C=CCC. The Bertz CT molecular complexity index is 142. The third-order valence-corrected chi connectivity index (χ3v) is 1.93. The van der Waals surface area contributed by atoms with Crippen LogP contribution in [0.25, 0.3) is 0 Å². The lowest BCUT2D eigenvalue weighted by atomic mass is 9.95. The molecule has 0 spiro atoms. The van der Waals surface area contributed by atoms with Crippen molar-refractivity contribution in [2.45, 2.75) is 32.6 Å². The Morgan fingerprint density at radius 2 is 2.08 bits per heavy atom. The van der Waals surface area contributed by atoms with Gasteiger partial charge in [0.2, 0.25) is 0 Å². The first-order valence-electron chi connectivity index (χ1n) is 4.73. The molecule has 68 valence electrons. The van der Waals surface area contributed by atoms with Gasteiger partial charge in [0, 0.05) is 0 Å². The fourth-order valence-electron chi connectivity index (χ4n) is 1.03. The second-order valence-electron chi connectivity index (χ2n) is 2.98. The molecule has 1 atom stereocenters. The normalized spacial score (nSPS) is 20.6. The highest BCUT2D eigenvalue weighted by molar-refractivity contribution is 4.95. The van der Waals surface area contributed by atoms with Gasteiger partial charge in [-0.05, 0) is 31.6 Å². The van der Waals surface area contributed by atoms with Crippen LogP contribution in [0.4, 0.5) is 0 Å². The van der Waals surface area contributed by atoms with Gasteiger partial charge in [0.15, 0.2) is 0 Å². The lowest BCUT2D eigenvalue weighted by molar-refractivity contribution is 0.585. The van der Waals surface area contributed by atoms with Crippen molar-refractivity contribution in [1.82, 2.24) is 0 Å². The topological polar surface area (TPSA) is 0 Å².